The number of H-pyrrole nitrogens is 1. The van der Waals surface area contributed by atoms with Gasteiger partial charge in [-0.15, -0.1) is 0 Å². The summed E-state index contributed by atoms with van der Waals surface area (Å²) in [5.74, 6) is 0. The maximum absolute atomic E-state index is 12.7. The highest BCUT2D eigenvalue weighted by atomic mass is 32.2. The van der Waals surface area contributed by atoms with Crippen LogP contribution in [0.25, 0.3) is 0 Å². The first-order valence-electron chi connectivity index (χ1n) is 7.41. The first kappa shape index (κ1) is 16.5. The van der Waals surface area contributed by atoms with Crippen molar-refractivity contribution in [2.75, 3.05) is 0 Å². The first-order valence-corrected chi connectivity index (χ1v) is 8.89. The van der Waals surface area contributed by atoms with Crippen molar-refractivity contribution >= 4 is 10.0 Å². The zero-order valence-electron chi connectivity index (χ0n) is 13.4. The number of nitrogens with zero attached hydrogens (tertiary/aromatic N) is 1. The normalized spacial score (nSPS) is 18.0. The van der Waals surface area contributed by atoms with Gasteiger partial charge in [0, 0.05) is 18.6 Å². The van der Waals surface area contributed by atoms with E-state index < -0.39 is 10.0 Å². The molecule has 1 heterocycles. The minimum Gasteiger partial charge on any atom is -0.308 e. The van der Waals surface area contributed by atoms with Gasteiger partial charge in [-0.25, -0.2) is 13.1 Å². The summed E-state index contributed by atoms with van der Waals surface area (Å²) in [7, 11) is -3.57. The summed E-state index contributed by atoms with van der Waals surface area (Å²) in [5.41, 5.74) is 1.00. The van der Waals surface area contributed by atoms with E-state index in [0.29, 0.717) is 24.0 Å². The van der Waals surface area contributed by atoms with Crippen LogP contribution in [0.1, 0.15) is 51.9 Å². The summed E-state index contributed by atoms with van der Waals surface area (Å²) >= 11 is 0. The van der Waals surface area contributed by atoms with E-state index in [4.69, 9.17) is 0 Å². The lowest BCUT2D eigenvalue weighted by molar-refractivity contribution is 0.317. The van der Waals surface area contributed by atoms with E-state index in [9.17, 15) is 8.42 Å². The molecule has 3 N–H and O–H groups in total. The second-order valence-electron chi connectivity index (χ2n) is 6.99. The molecule has 0 saturated heterocycles. The molecule has 0 amide bonds. The van der Waals surface area contributed by atoms with Crippen molar-refractivity contribution in [3.8, 4) is 0 Å². The van der Waals surface area contributed by atoms with Gasteiger partial charge in [0.1, 0.15) is 4.90 Å². The van der Waals surface area contributed by atoms with E-state index in [0.717, 1.165) is 12.8 Å². The van der Waals surface area contributed by atoms with Gasteiger partial charge in [0.15, 0.2) is 0 Å². The van der Waals surface area contributed by atoms with Crippen LogP contribution in [0.4, 0.5) is 0 Å². The minimum absolute atomic E-state index is 0.142. The second-order valence-corrected chi connectivity index (χ2v) is 8.64. The summed E-state index contributed by atoms with van der Waals surface area (Å²) in [6, 6.07) is 0.347. The Labute approximate surface area is 127 Å². The van der Waals surface area contributed by atoms with Crippen molar-refractivity contribution < 1.29 is 8.42 Å². The fourth-order valence-corrected chi connectivity index (χ4v) is 3.76. The lowest BCUT2D eigenvalue weighted by atomic mass is 9.89. The molecule has 1 atom stereocenters. The highest BCUT2D eigenvalue weighted by molar-refractivity contribution is 7.89. The number of rotatable bonds is 6. The van der Waals surface area contributed by atoms with E-state index in [1.807, 2.05) is 27.7 Å². The van der Waals surface area contributed by atoms with E-state index in [-0.39, 0.29) is 16.4 Å². The van der Waals surface area contributed by atoms with Gasteiger partial charge in [0.05, 0.1) is 11.4 Å². The van der Waals surface area contributed by atoms with Crippen LogP contribution >= 0.6 is 0 Å². The molecule has 1 saturated carbocycles. The third-order valence-electron chi connectivity index (χ3n) is 4.00. The number of aromatic amines is 1. The standard InChI is InChI=1S/C14H26N4O2S/c1-9-13(12(17-16-9)8-15-11-6-7-11)21(19,20)18-10(2)14(3,4)5/h10-11,15,18H,6-8H2,1-5H3,(H,16,17). The predicted molar refractivity (Wildman–Crippen MR) is 82.4 cm³/mol. The number of nitrogens with one attached hydrogen (secondary N) is 3. The summed E-state index contributed by atoms with van der Waals surface area (Å²) in [4.78, 5) is 0.284. The number of sulfonamides is 1. The number of aromatic nitrogens is 2. The molecular weight excluding hydrogens is 288 g/mol. The molecule has 1 aliphatic rings. The van der Waals surface area contributed by atoms with Crippen LogP contribution in [-0.2, 0) is 16.6 Å². The van der Waals surface area contributed by atoms with E-state index >= 15 is 0 Å². The quantitative estimate of drug-likeness (QED) is 0.745. The molecule has 0 bridgehead atoms. The smallest absolute Gasteiger partial charge is 0.244 e. The van der Waals surface area contributed by atoms with Gasteiger partial charge in [-0.2, -0.15) is 5.10 Å². The molecule has 6 nitrogen and oxygen atoms in total. The molecule has 1 aliphatic carbocycles. The lowest BCUT2D eigenvalue weighted by Gasteiger charge is -2.27. The van der Waals surface area contributed by atoms with E-state index in [1.165, 1.54) is 0 Å². The molecule has 1 unspecified atom stereocenters. The van der Waals surface area contributed by atoms with Crippen molar-refractivity contribution in [2.24, 2.45) is 5.41 Å². The molecule has 120 valence electrons. The molecule has 1 aromatic heterocycles. The van der Waals surface area contributed by atoms with Crippen molar-refractivity contribution in [1.29, 1.82) is 0 Å². The molecule has 7 heteroatoms. The maximum atomic E-state index is 12.7. The summed E-state index contributed by atoms with van der Waals surface area (Å²) in [5, 5.41) is 10.2. The van der Waals surface area contributed by atoms with Crippen LogP contribution in [0.2, 0.25) is 0 Å². The van der Waals surface area contributed by atoms with Crippen LogP contribution in [-0.4, -0.2) is 30.7 Å². The number of aryl methyl sites for hydroxylation is 1. The fraction of sp³-hybridized carbons (Fsp3) is 0.786. The molecule has 0 spiro atoms. The summed E-state index contributed by atoms with van der Waals surface area (Å²) in [6.45, 7) is 10.1. The fourth-order valence-electron chi connectivity index (χ4n) is 1.94. The van der Waals surface area contributed by atoms with Crippen molar-refractivity contribution in [1.82, 2.24) is 20.2 Å². The number of hydrogen-bond donors (Lipinski definition) is 3. The van der Waals surface area contributed by atoms with Crippen LogP contribution in [0.15, 0.2) is 4.90 Å². The SMILES string of the molecule is Cc1[nH]nc(CNC2CC2)c1S(=O)(=O)NC(C)C(C)(C)C. The Kier molecular flexibility index (Phi) is 4.46. The maximum Gasteiger partial charge on any atom is 0.244 e. The highest BCUT2D eigenvalue weighted by Crippen LogP contribution is 2.24. The Balaban J connectivity index is 2.20. The third kappa shape index (κ3) is 4.05. The van der Waals surface area contributed by atoms with Crippen LogP contribution < -0.4 is 10.0 Å². The van der Waals surface area contributed by atoms with Gasteiger partial charge in [-0.05, 0) is 32.1 Å². The zero-order chi connectivity index (χ0) is 15.8. The number of hydrogen-bond acceptors (Lipinski definition) is 4. The Morgan fingerprint density at radius 1 is 1.38 bits per heavy atom. The van der Waals surface area contributed by atoms with Gasteiger partial charge in [-0.1, -0.05) is 20.8 Å². The predicted octanol–water partition coefficient (Wildman–Crippen LogP) is 1.68. The van der Waals surface area contributed by atoms with Crippen LogP contribution in [0.3, 0.4) is 0 Å². The zero-order valence-corrected chi connectivity index (χ0v) is 14.3. The van der Waals surface area contributed by atoms with Gasteiger partial charge >= 0.3 is 0 Å². The van der Waals surface area contributed by atoms with Crippen molar-refractivity contribution in [2.45, 2.75) is 71.0 Å². The minimum atomic E-state index is -3.57. The molecule has 2 rings (SSSR count). The van der Waals surface area contributed by atoms with Gasteiger partial charge in [-0.3, -0.25) is 5.10 Å². The largest absolute Gasteiger partial charge is 0.308 e. The van der Waals surface area contributed by atoms with Crippen molar-refractivity contribution in [3.63, 3.8) is 0 Å². The van der Waals surface area contributed by atoms with Gasteiger partial charge in [0.2, 0.25) is 10.0 Å². The first-order chi connectivity index (χ1) is 9.61. The topological polar surface area (TPSA) is 86.9 Å². The molecule has 0 aromatic carbocycles. The van der Waals surface area contributed by atoms with Gasteiger partial charge < -0.3 is 5.32 Å². The molecule has 0 radical (unpaired) electrons. The Bertz CT molecular complexity index is 597. The van der Waals surface area contributed by atoms with Crippen molar-refractivity contribution in [3.05, 3.63) is 11.4 Å². The van der Waals surface area contributed by atoms with Crippen LogP contribution in [0.5, 0.6) is 0 Å². The van der Waals surface area contributed by atoms with E-state index in [2.05, 4.69) is 20.2 Å². The third-order valence-corrected chi connectivity index (χ3v) is 5.74. The Morgan fingerprint density at radius 3 is 2.52 bits per heavy atom. The van der Waals surface area contributed by atoms with Gasteiger partial charge in [0.25, 0.3) is 0 Å². The highest BCUT2D eigenvalue weighted by Gasteiger charge is 2.30. The van der Waals surface area contributed by atoms with Crippen LogP contribution in [0, 0.1) is 12.3 Å². The second kappa shape index (κ2) is 5.70. The average molecular weight is 314 g/mol. The lowest BCUT2D eigenvalue weighted by Crippen LogP contribution is -2.41. The molecule has 1 fully saturated rings. The molecule has 1 aromatic rings. The molecule has 21 heavy (non-hydrogen) atoms. The summed E-state index contributed by atoms with van der Waals surface area (Å²) in [6.07, 6.45) is 2.32. The van der Waals surface area contributed by atoms with E-state index in [1.54, 1.807) is 6.92 Å². The molecular formula is C14H26N4O2S. The Hall–Kier alpha value is -0.920. The average Bonchev–Trinajstić information content (AvgIpc) is 3.07. The monoisotopic (exact) mass is 314 g/mol. The summed E-state index contributed by atoms with van der Waals surface area (Å²) < 4.78 is 28.1. The molecule has 0 aliphatic heterocycles. The Morgan fingerprint density at radius 2 is 2.00 bits per heavy atom.